The molecule has 7 nitrogen and oxygen atoms in total. The number of hydrogen-bond acceptors (Lipinski definition) is 5. The molecule has 0 amide bonds. The molecule has 1 atom stereocenters. The van der Waals surface area contributed by atoms with Crippen LogP contribution in [0.2, 0.25) is 0 Å². The number of carboxylic acid groups (broad SMARTS) is 1. The molecular formula is C29H30FN3O4. The molecule has 1 unspecified atom stereocenters. The van der Waals surface area contributed by atoms with Gasteiger partial charge in [-0.15, -0.1) is 0 Å². The average molecular weight is 504 g/mol. The Balaban J connectivity index is 1.55. The van der Waals surface area contributed by atoms with Crippen molar-refractivity contribution in [1.82, 2.24) is 14.8 Å². The molecule has 2 aliphatic rings. The number of aromatic nitrogens is 3. The molecule has 0 radical (unpaired) electrons. The molecule has 1 N–H and O–H groups in total. The van der Waals surface area contributed by atoms with Gasteiger partial charge in [0.2, 0.25) is 5.88 Å². The van der Waals surface area contributed by atoms with Gasteiger partial charge in [0.1, 0.15) is 11.9 Å². The van der Waals surface area contributed by atoms with Crippen LogP contribution in [0.15, 0.2) is 42.6 Å². The molecule has 4 aromatic rings. The van der Waals surface area contributed by atoms with E-state index < -0.39 is 5.97 Å². The zero-order valence-electron chi connectivity index (χ0n) is 21.0. The Morgan fingerprint density at radius 2 is 1.95 bits per heavy atom. The standard InChI is InChI=1S/C29H30FN3O4/c1-16(2)27-26(17-6-8-20(30)9-7-17)22-13-19-15-31-33(25-5-3-4-10-36-25)24(19)14-23(22)28(32-27)37-21-11-18(12-21)29(34)35/h6-9,13-16,18,21,25H,3-5,10-12H2,1-2H3,(H,34,35). The topological polar surface area (TPSA) is 86.5 Å². The van der Waals surface area contributed by atoms with Crippen molar-refractivity contribution in [2.75, 3.05) is 6.61 Å². The summed E-state index contributed by atoms with van der Waals surface area (Å²) in [6.45, 7) is 4.87. The first-order chi connectivity index (χ1) is 17.9. The lowest BCUT2D eigenvalue weighted by molar-refractivity contribution is -0.148. The fraction of sp³-hybridized carbons (Fsp3) is 0.414. The van der Waals surface area contributed by atoms with E-state index in [0.29, 0.717) is 25.3 Å². The minimum atomic E-state index is -0.787. The summed E-state index contributed by atoms with van der Waals surface area (Å²) in [6.07, 6.45) is 5.53. The molecule has 1 saturated heterocycles. The van der Waals surface area contributed by atoms with E-state index in [-0.39, 0.29) is 30.0 Å². The van der Waals surface area contributed by atoms with Gasteiger partial charge in [-0.3, -0.25) is 4.79 Å². The van der Waals surface area contributed by atoms with E-state index in [9.17, 15) is 14.3 Å². The van der Waals surface area contributed by atoms with Crippen LogP contribution in [-0.4, -0.2) is 38.6 Å². The lowest BCUT2D eigenvalue weighted by Gasteiger charge is -2.32. The zero-order chi connectivity index (χ0) is 25.7. The summed E-state index contributed by atoms with van der Waals surface area (Å²) in [5.74, 6) is -0.881. The monoisotopic (exact) mass is 503 g/mol. The maximum Gasteiger partial charge on any atom is 0.306 e. The van der Waals surface area contributed by atoms with Gasteiger partial charge in [-0.2, -0.15) is 5.10 Å². The highest BCUT2D eigenvalue weighted by Gasteiger charge is 2.37. The van der Waals surface area contributed by atoms with E-state index in [1.54, 1.807) is 12.1 Å². The quantitative estimate of drug-likeness (QED) is 0.325. The van der Waals surface area contributed by atoms with E-state index in [2.05, 4.69) is 31.1 Å². The summed E-state index contributed by atoms with van der Waals surface area (Å²) >= 11 is 0. The number of ether oxygens (including phenoxy) is 2. The molecule has 37 heavy (non-hydrogen) atoms. The summed E-state index contributed by atoms with van der Waals surface area (Å²) in [7, 11) is 0. The summed E-state index contributed by atoms with van der Waals surface area (Å²) in [5, 5.41) is 16.7. The third-order valence-electron chi connectivity index (χ3n) is 7.54. The predicted octanol–water partition coefficient (Wildman–Crippen LogP) is 6.46. The van der Waals surface area contributed by atoms with Gasteiger partial charge in [0.25, 0.3) is 0 Å². The maximum atomic E-state index is 13.8. The van der Waals surface area contributed by atoms with Crippen molar-refractivity contribution in [2.45, 2.75) is 64.2 Å². The normalized spacial score (nSPS) is 21.9. The number of rotatable bonds is 6. The van der Waals surface area contributed by atoms with E-state index in [0.717, 1.165) is 57.8 Å². The van der Waals surface area contributed by atoms with E-state index in [4.69, 9.17) is 14.5 Å². The molecule has 192 valence electrons. The summed E-state index contributed by atoms with van der Waals surface area (Å²) in [5.41, 5.74) is 3.61. The number of fused-ring (bicyclic) bond motifs is 2. The van der Waals surface area contributed by atoms with Crippen LogP contribution in [0.3, 0.4) is 0 Å². The fourth-order valence-electron chi connectivity index (χ4n) is 5.44. The first-order valence-electron chi connectivity index (χ1n) is 13.0. The molecule has 6 rings (SSSR count). The van der Waals surface area contributed by atoms with Crippen LogP contribution >= 0.6 is 0 Å². The van der Waals surface area contributed by atoms with Crippen LogP contribution in [0.5, 0.6) is 5.88 Å². The van der Waals surface area contributed by atoms with Crippen LogP contribution in [-0.2, 0) is 9.53 Å². The number of aliphatic carboxylic acids is 1. The van der Waals surface area contributed by atoms with E-state index >= 15 is 0 Å². The smallest absolute Gasteiger partial charge is 0.306 e. The molecule has 0 spiro atoms. The highest BCUT2D eigenvalue weighted by Crippen LogP contribution is 2.42. The van der Waals surface area contributed by atoms with Gasteiger partial charge in [-0.05, 0) is 73.2 Å². The lowest BCUT2D eigenvalue weighted by Crippen LogP contribution is -2.38. The van der Waals surface area contributed by atoms with Crippen molar-refractivity contribution in [3.63, 3.8) is 0 Å². The number of carbonyl (C=O) groups is 1. The minimum absolute atomic E-state index is 0.0778. The lowest BCUT2D eigenvalue weighted by atomic mass is 9.82. The molecule has 2 aromatic heterocycles. The van der Waals surface area contributed by atoms with Crippen molar-refractivity contribution < 1.29 is 23.8 Å². The zero-order valence-corrected chi connectivity index (χ0v) is 21.0. The number of halogens is 1. The first kappa shape index (κ1) is 23.9. The highest BCUT2D eigenvalue weighted by atomic mass is 19.1. The second kappa shape index (κ2) is 9.41. The van der Waals surface area contributed by atoms with E-state index in [1.165, 1.54) is 12.1 Å². The third kappa shape index (κ3) is 4.33. The summed E-state index contributed by atoms with van der Waals surface area (Å²) in [4.78, 5) is 16.3. The summed E-state index contributed by atoms with van der Waals surface area (Å²) < 4.78 is 28.1. The third-order valence-corrected chi connectivity index (χ3v) is 7.54. The molecule has 1 aliphatic carbocycles. The Morgan fingerprint density at radius 3 is 2.62 bits per heavy atom. The Kier molecular flexibility index (Phi) is 6.07. The average Bonchev–Trinajstić information content (AvgIpc) is 3.28. The molecule has 0 bridgehead atoms. The van der Waals surface area contributed by atoms with Gasteiger partial charge in [0.05, 0.1) is 23.3 Å². The van der Waals surface area contributed by atoms with E-state index in [1.807, 2.05) is 10.9 Å². The van der Waals surface area contributed by atoms with Crippen molar-refractivity contribution in [2.24, 2.45) is 5.92 Å². The largest absolute Gasteiger partial charge is 0.481 e. The molecule has 1 saturated carbocycles. The van der Waals surface area contributed by atoms with Crippen molar-refractivity contribution in [1.29, 1.82) is 0 Å². The van der Waals surface area contributed by atoms with Gasteiger partial charge in [0.15, 0.2) is 6.23 Å². The second-order valence-electron chi connectivity index (χ2n) is 10.5. The number of benzene rings is 2. The summed E-state index contributed by atoms with van der Waals surface area (Å²) in [6, 6.07) is 10.7. The Labute approximate surface area is 214 Å². The van der Waals surface area contributed by atoms with Crippen LogP contribution in [0.1, 0.15) is 63.8 Å². The number of nitrogens with zero attached hydrogens (tertiary/aromatic N) is 3. The van der Waals surface area contributed by atoms with Gasteiger partial charge < -0.3 is 14.6 Å². The number of pyridine rings is 1. The molecule has 8 heteroatoms. The van der Waals surface area contributed by atoms with Crippen LogP contribution < -0.4 is 4.74 Å². The van der Waals surface area contributed by atoms with Gasteiger partial charge >= 0.3 is 5.97 Å². The molecular weight excluding hydrogens is 473 g/mol. The Bertz CT molecular complexity index is 1470. The molecule has 3 heterocycles. The van der Waals surface area contributed by atoms with Gasteiger partial charge in [-0.1, -0.05) is 26.0 Å². The minimum Gasteiger partial charge on any atom is -0.481 e. The first-order valence-corrected chi connectivity index (χ1v) is 13.0. The van der Waals surface area contributed by atoms with Crippen LogP contribution in [0, 0.1) is 11.7 Å². The SMILES string of the molecule is CC(C)c1nc(OC2CC(C(=O)O)C2)c2cc3c(cnn3C3CCCCO3)cc2c1-c1ccc(F)cc1. The molecule has 2 aromatic carbocycles. The van der Waals surface area contributed by atoms with Gasteiger partial charge in [0, 0.05) is 22.9 Å². The Hall–Kier alpha value is -3.52. The number of carboxylic acids is 1. The number of hydrogen-bond donors (Lipinski definition) is 1. The predicted molar refractivity (Wildman–Crippen MR) is 138 cm³/mol. The maximum absolute atomic E-state index is 13.8. The fourth-order valence-corrected chi connectivity index (χ4v) is 5.44. The van der Waals surface area contributed by atoms with Gasteiger partial charge in [-0.25, -0.2) is 14.1 Å². The molecule has 1 aliphatic heterocycles. The second-order valence-corrected chi connectivity index (χ2v) is 10.5. The van der Waals surface area contributed by atoms with Crippen molar-refractivity contribution in [3.8, 4) is 17.0 Å². The van der Waals surface area contributed by atoms with Crippen molar-refractivity contribution in [3.05, 3.63) is 54.1 Å². The van der Waals surface area contributed by atoms with Crippen molar-refractivity contribution >= 4 is 27.6 Å². The Morgan fingerprint density at radius 1 is 1.16 bits per heavy atom. The highest BCUT2D eigenvalue weighted by molar-refractivity contribution is 6.06. The van der Waals surface area contributed by atoms with Crippen LogP contribution in [0.25, 0.3) is 32.8 Å². The molecule has 2 fully saturated rings. The van der Waals surface area contributed by atoms with Crippen LogP contribution in [0.4, 0.5) is 4.39 Å².